The molecule has 6 rings (SSSR count). The molecule has 6 nitrogen and oxygen atoms in total. The Kier molecular flexibility index (Phi) is 4.75. The summed E-state index contributed by atoms with van der Waals surface area (Å²) in [6, 6.07) is 9.20. The van der Waals surface area contributed by atoms with Gasteiger partial charge in [0, 0.05) is 53.5 Å². The Morgan fingerprint density at radius 2 is 2.00 bits per heavy atom. The predicted octanol–water partition coefficient (Wildman–Crippen LogP) is 5.15. The lowest BCUT2D eigenvalue weighted by Crippen LogP contribution is -2.62. The summed E-state index contributed by atoms with van der Waals surface area (Å²) in [6.07, 6.45) is 4.24. The molecule has 4 aromatic rings. The third kappa shape index (κ3) is 3.10. The maximum atomic E-state index is 14.4. The number of likely N-dealkylation sites (tertiary alicyclic amines) is 1. The number of rotatable bonds is 3. The number of pyridine rings is 1. The van der Waals surface area contributed by atoms with Gasteiger partial charge in [0.05, 0.1) is 17.2 Å². The van der Waals surface area contributed by atoms with Crippen molar-refractivity contribution < 1.29 is 9.18 Å². The molecule has 7 heteroatoms. The monoisotopic (exact) mass is 469 g/mol. The minimum Gasteiger partial charge on any atom is -0.353 e. The number of halogens is 1. The largest absolute Gasteiger partial charge is 0.353 e. The summed E-state index contributed by atoms with van der Waals surface area (Å²) in [5, 5.41) is 9.33. The zero-order valence-electron chi connectivity index (χ0n) is 20.2. The molecular weight excluding hydrogens is 441 g/mol. The van der Waals surface area contributed by atoms with Crippen LogP contribution in [0.25, 0.3) is 32.9 Å². The number of fused-ring (bicyclic) bond motifs is 2. The zero-order chi connectivity index (χ0) is 24.5. The van der Waals surface area contributed by atoms with Gasteiger partial charge in [0.1, 0.15) is 11.6 Å². The quantitative estimate of drug-likeness (QED) is 0.422. The van der Waals surface area contributed by atoms with Gasteiger partial charge in [-0.05, 0) is 68.2 Å². The number of benzene rings is 2. The summed E-state index contributed by atoms with van der Waals surface area (Å²) in [5.41, 5.74) is 6.03. The fraction of sp³-hybridized carbons (Fsp3) is 0.321. The van der Waals surface area contributed by atoms with Gasteiger partial charge >= 0.3 is 0 Å². The second-order valence-corrected chi connectivity index (χ2v) is 10.1. The number of aromatic amines is 1. The number of nitrogens with zero attached hydrogens (tertiary/aromatic N) is 4. The molecule has 1 amide bonds. The molecule has 35 heavy (non-hydrogen) atoms. The molecule has 2 aliphatic rings. The standard InChI is InChI=1S/C28H28FN5O/c1-5-24(35)33-14-28(15-33)10-11-34(18(28)4)27-17(3)26(20-8-7-19(29)12-23(20)31-27)25-16(2)6-9-22-21(25)13-30-32-22/h5-9,12-13,18H,1,10-11,14-15H2,2-4H3,(H,30,32). The molecule has 1 N–H and O–H groups in total. The second kappa shape index (κ2) is 7.63. The van der Waals surface area contributed by atoms with Crippen LogP contribution >= 0.6 is 0 Å². The lowest BCUT2D eigenvalue weighted by Gasteiger charge is -2.51. The number of carbonyl (C=O) groups is 1. The van der Waals surface area contributed by atoms with Crippen molar-refractivity contribution in [2.24, 2.45) is 5.41 Å². The summed E-state index contributed by atoms with van der Waals surface area (Å²) in [7, 11) is 0. The van der Waals surface area contributed by atoms with Gasteiger partial charge in [0.2, 0.25) is 5.91 Å². The average Bonchev–Trinajstić information content (AvgIpc) is 3.42. The highest BCUT2D eigenvalue weighted by atomic mass is 19.1. The van der Waals surface area contributed by atoms with E-state index < -0.39 is 0 Å². The predicted molar refractivity (Wildman–Crippen MR) is 137 cm³/mol. The molecule has 2 aromatic heterocycles. The van der Waals surface area contributed by atoms with Crippen molar-refractivity contribution in [2.45, 2.75) is 33.2 Å². The van der Waals surface area contributed by atoms with E-state index in [1.807, 2.05) is 23.2 Å². The highest BCUT2D eigenvalue weighted by Crippen LogP contribution is 2.48. The van der Waals surface area contributed by atoms with E-state index in [0.717, 1.165) is 70.4 Å². The molecule has 0 saturated carbocycles. The van der Waals surface area contributed by atoms with E-state index in [1.54, 1.807) is 0 Å². The first-order valence-electron chi connectivity index (χ1n) is 12.0. The molecule has 178 valence electrons. The normalized spacial score (nSPS) is 19.0. The Labute approximate surface area is 203 Å². The van der Waals surface area contributed by atoms with Crippen molar-refractivity contribution in [1.82, 2.24) is 20.1 Å². The fourth-order valence-electron chi connectivity index (χ4n) is 6.17. The van der Waals surface area contributed by atoms with Crippen molar-refractivity contribution in [3.8, 4) is 11.1 Å². The van der Waals surface area contributed by atoms with Crippen LogP contribution in [0.15, 0.2) is 49.2 Å². The van der Waals surface area contributed by atoms with E-state index >= 15 is 0 Å². The van der Waals surface area contributed by atoms with E-state index in [4.69, 9.17) is 4.98 Å². The first-order valence-corrected chi connectivity index (χ1v) is 12.0. The summed E-state index contributed by atoms with van der Waals surface area (Å²) in [5.74, 6) is 0.575. The average molecular weight is 470 g/mol. The van der Waals surface area contributed by atoms with Gasteiger partial charge < -0.3 is 9.80 Å². The molecule has 1 unspecified atom stereocenters. The number of amides is 1. The highest BCUT2D eigenvalue weighted by Gasteiger charge is 2.54. The SMILES string of the molecule is C=CC(=O)N1CC2(CCN(c3nc4cc(F)ccc4c(-c4c(C)ccc5[nH]ncc45)c3C)C2C)C1. The molecule has 4 heterocycles. The van der Waals surface area contributed by atoms with E-state index in [9.17, 15) is 9.18 Å². The maximum Gasteiger partial charge on any atom is 0.245 e. The Balaban J connectivity index is 1.52. The lowest BCUT2D eigenvalue weighted by atomic mass is 9.74. The van der Waals surface area contributed by atoms with Gasteiger partial charge in [0.25, 0.3) is 0 Å². The maximum absolute atomic E-state index is 14.4. The summed E-state index contributed by atoms with van der Waals surface area (Å²) < 4.78 is 14.4. The third-order valence-electron chi connectivity index (χ3n) is 8.22. The van der Waals surface area contributed by atoms with Crippen molar-refractivity contribution in [2.75, 3.05) is 24.5 Å². The highest BCUT2D eigenvalue weighted by molar-refractivity contribution is 6.07. The van der Waals surface area contributed by atoms with E-state index in [1.165, 1.54) is 18.2 Å². The van der Waals surface area contributed by atoms with Crippen molar-refractivity contribution in [3.05, 3.63) is 66.1 Å². The molecular formula is C28H28FN5O. The minimum absolute atomic E-state index is 0.0114. The molecule has 2 saturated heterocycles. The van der Waals surface area contributed by atoms with Gasteiger partial charge in [-0.3, -0.25) is 9.89 Å². The summed E-state index contributed by atoms with van der Waals surface area (Å²) in [4.78, 5) is 21.3. The van der Waals surface area contributed by atoms with Gasteiger partial charge in [-0.15, -0.1) is 0 Å². The molecule has 0 bridgehead atoms. The molecule has 2 aliphatic heterocycles. The van der Waals surface area contributed by atoms with Crippen molar-refractivity contribution in [3.63, 3.8) is 0 Å². The van der Waals surface area contributed by atoms with E-state index in [0.29, 0.717) is 5.52 Å². The molecule has 0 radical (unpaired) electrons. The van der Waals surface area contributed by atoms with Crippen molar-refractivity contribution >= 4 is 33.5 Å². The van der Waals surface area contributed by atoms with Crippen molar-refractivity contribution in [1.29, 1.82) is 0 Å². The van der Waals surface area contributed by atoms with Gasteiger partial charge in [-0.25, -0.2) is 9.37 Å². The molecule has 2 fully saturated rings. The fourth-order valence-corrected chi connectivity index (χ4v) is 6.17. The number of aromatic nitrogens is 3. The zero-order valence-corrected chi connectivity index (χ0v) is 20.2. The van der Waals surface area contributed by atoms with Crippen LogP contribution in [-0.2, 0) is 4.79 Å². The van der Waals surface area contributed by atoms with Crippen LogP contribution in [0.5, 0.6) is 0 Å². The van der Waals surface area contributed by atoms with Crippen LogP contribution in [0.3, 0.4) is 0 Å². The number of hydrogen-bond acceptors (Lipinski definition) is 4. The van der Waals surface area contributed by atoms with Gasteiger partial charge in [-0.2, -0.15) is 5.10 Å². The summed E-state index contributed by atoms with van der Waals surface area (Å²) in [6.45, 7) is 12.4. The third-order valence-corrected chi connectivity index (χ3v) is 8.22. The molecule has 1 spiro atoms. The van der Waals surface area contributed by atoms with Crippen LogP contribution in [0.1, 0.15) is 24.5 Å². The second-order valence-electron chi connectivity index (χ2n) is 10.1. The Morgan fingerprint density at radius 1 is 1.20 bits per heavy atom. The Bertz CT molecular complexity index is 1520. The number of anilines is 1. The number of H-pyrrole nitrogens is 1. The first-order chi connectivity index (χ1) is 16.8. The van der Waals surface area contributed by atoms with E-state index in [-0.39, 0.29) is 23.2 Å². The smallest absolute Gasteiger partial charge is 0.245 e. The summed E-state index contributed by atoms with van der Waals surface area (Å²) >= 11 is 0. The molecule has 1 atom stereocenters. The molecule has 0 aliphatic carbocycles. The number of carbonyl (C=O) groups excluding carboxylic acids is 1. The van der Waals surface area contributed by atoms with Crippen LogP contribution in [0, 0.1) is 25.1 Å². The van der Waals surface area contributed by atoms with Gasteiger partial charge in [-0.1, -0.05) is 12.6 Å². The first kappa shape index (κ1) is 21.8. The topological polar surface area (TPSA) is 65.1 Å². The molecule has 2 aromatic carbocycles. The Morgan fingerprint density at radius 3 is 2.77 bits per heavy atom. The Hall–Kier alpha value is -3.74. The van der Waals surface area contributed by atoms with E-state index in [2.05, 4.69) is 48.5 Å². The number of hydrogen-bond donors (Lipinski definition) is 1. The van der Waals surface area contributed by atoms with Crippen LogP contribution in [0.2, 0.25) is 0 Å². The minimum atomic E-state index is -0.299. The van der Waals surface area contributed by atoms with Gasteiger partial charge in [0.15, 0.2) is 0 Å². The number of nitrogens with one attached hydrogen (secondary N) is 1. The number of aryl methyl sites for hydroxylation is 1. The lowest BCUT2D eigenvalue weighted by molar-refractivity contribution is -0.138. The van der Waals surface area contributed by atoms with Crippen LogP contribution in [0.4, 0.5) is 10.2 Å². The van der Waals surface area contributed by atoms with Crippen LogP contribution in [-0.4, -0.2) is 51.7 Å². The van der Waals surface area contributed by atoms with Crippen LogP contribution < -0.4 is 4.90 Å².